The summed E-state index contributed by atoms with van der Waals surface area (Å²) in [6.07, 6.45) is 4.77. The maximum Gasteiger partial charge on any atom is 0.223 e. The van der Waals surface area contributed by atoms with Crippen molar-refractivity contribution in [3.05, 3.63) is 0 Å². The molecule has 3 N–H and O–H groups in total. The number of amidine groups is 1. The van der Waals surface area contributed by atoms with E-state index in [4.69, 9.17) is 15.7 Å². The summed E-state index contributed by atoms with van der Waals surface area (Å²) in [4.78, 5) is 13.5. The molecule has 1 saturated heterocycles. The highest BCUT2D eigenvalue weighted by atomic mass is 16.5. The topological polar surface area (TPSA) is 88.1 Å². The number of hydrogen-bond acceptors (Lipinski definition) is 4. The molecular formula is C12H23N3O3. The molecule has 1 heterocycles. The van der Waals surface area contributed by atoms with Gasteiger partial charge in [-0.15, -0.1) is 0 Å². The maximum absolute atomic E-state index is 11.9. The number of nitrogens with two attached hydrogens (primary N) is 1. The second kappa shape index (κ2) is 7.92. The molecule has 0 radical (unpaired) electrons. The third-order valence-electron chi connectivity index (χ3n) is 3.17. The van der Waals surface area contributed by atoms with Crippen molar-refractivity contribution in [1.29, 1.82) is 0 Å². The van der Waals surface area contributed by atoms with Gasteiger partial charge in [-0.25, -0.2) is 0 Å². The van der Waals surface area contributed by atoms with E-state index >= 15 is 0 Å². The Hall–Kier alpha value is -1.30. The Morgan fingerprint density at radius 3 is 2.89 bits per heavy atom. The van der Waals surface area contributed by atoms with Crippen LogP contribution in [0.25, 0.3) is 0 Å². The number of carbonyl (C=O) groups excluding carboxylic acids is 1. The average Bonchev–Trinajstić information content (AvgIpc) is 2.42. The van der Waals surface area contributed by atoms with Crippen molar-refractivity contribution in [2.75, 3.05) is 19.7 Å². The van der Waals surface area contributed by atoms with Crippen LogP contribution in [0, 0.1) is 0 Å². The number of hydrogen-bond donors (Lipinski definition) is 2. The summed E-state index contributed by atoms with van der Waals surface area (Å²) in [6, 6.07) is 0. The van der Waals surface area contributed by atoms with Crippen LogP contribution in [-0.2, 0) is 9.53 Å². The first-order valence-corrected chi connectivity index (χ1v) is 6.53. The van der Waals surface area contributed by atoms with Crippen LogP contribution >= 0.6 is 0 Å². The van der Waals surface area contributed by atoms with Gasteiger partial charge in [0.05, 0.1) is 12.6 Å². The minimum absolute atomic E-state index is 0.0262. The van der Waals surface area contributed by atoms with Crippen LogP contribution in [-0.4, -0.2) is 47.7 Å². The van der Waals surface area contributed by atoms with Crippen LogP contribution in [0.15, 0.2) is 5.16 Å². The van der Waals surface area contributed by atoms with Crippen molar-refractivity contribution in [3.63, 3.8) is 0 Å². The minimum Gasteiger partial charge on any atom is -0.409 e. The molecule has 1 amide bonds. The van der Waals surface area contributed by atoms with Gasteiger partial charge in [0.1, 0.15) is 0 Å². The molecule has 104 valence electrons. The van der Waals surface area contributed by atoms with E-state index in [9.17, 15) is 4.79 Å². The Morgan fingerprint density at radius 2 is 2.33 bits per heavy atom. The number of amides is 1. The highest BCUT2D eigenvalue weighted by Crippen LogP contribution is 2.17. The van der Waals surface area contributed by atoms with Gasteiger partial charge in [0.25, 0.3) is 0 Å². The second-order valence-corrected chi connectivity index (χ2v) is 4.53. The van der Waals surface area contributed by atoms with Gasteiger partial charge in [0.15, 0.2) is 5.84 Å². The van der Waals surface area contributed by atoms with Gasteiger partial charge < -0.3 is 20.6 Å². The molecule has 6 nitrogen and oxygen atoms in total. The van der Waals surface area contributed by atoms with E-state index in [1.54, 1.807) is 4.90 Å². The summed E-state index contributed by atoms with van der Waals surface area (Å²) in [5.41, 5.74) is 5.41. The molecule has 0 aliphatic carbocycles. The first-order valence-electron chi connectivity index (χ1n) is 6.53. The van der Waals surface area contributed by atoms with Crippen LogP contribution in [0.2, 0.25) is 0 Å². The molecule has 1 aliphatic heterocycles. The van der Waals surface area contributed by atoms with Crippen molar-refractivity contribution in [2.24, 2.45) is 10.9 Å². The van der Waals surface area contributed by atoms with Crippen LogP contribution in [0.1, 0.15) is 39.0 Å². The molecule has 18 heavy (non-hydrogen) atoms. The number of oxime groups is 1. The molecule has 0 aromatic rings. The Morgan fingerprint density at radius 1 is 1.56 bits per heavy atom. The predicted octanol–water partition coefficient (Wildman–Crippen LogP) is 0.931. The molecule has 0 aromatic carbocycles. The zero-order valence-corrected chi connectivity index (χ0v) is 11.0. The Kier molecular flexibility index (Phi) is 6.49. The SMILES string of the molecule is CCN(CC(N)=NO)C(=O)CCC1CCCCO1. The van der Waals surface area contributed by atoms with E-state index in [1.807, 2.05) is 6.92 Å². The third-order valence-corrected chi connectivity index (χ3v) is 3.17. The highest BCUT2D eigenvalue weighted by Gasteiger charge is 2.18. The molecule has 1 unspecified atom stereocenters. The van der Waals surface area contributed by atoms with Gasteiger partial charge in [0, 0.05) is 19.6 Å². The Labute approximate surface area is 108 Å². The van der Waals surface area contributed by atoms with E-state index in [-0.39, 0.29) is 24.4 Å². The molecule has 1 atom stereocenters. The van der Waals surface area contributed by atoms with Crippen molar-refractivity contribution >= 4 is 11.7 Å². The van der Waals surface area contributed by atoms with E-state index < -0.39 is 0 Å². The number of likely N-dealkylation sites (N-methyl/N-ethyl adjacent to an activating group) is 1. The molecular weight excluding hydrogens is 234 g/mol. The largest absolute Gasteiger partial charge is 0.409 e. The van der Waals surface area contributed by atoms with Gasteiger partial charge >= 0.3 is 0 Å². The number of ether oxygens (including phenoxy) is 1. The van der Waals surface area contributed by atoms with Crippen LogP contribution < -0.4 is 5.73 Å². The first-order chi connectivity index (χ1) is 8.67. The summed E-state index contributed by atoms with van der Waals surface area (Å²) in [6.45, 7) is 3.41. The smallest absolute Gasteiger partial charge is 0.223 e. The van der Waals surface area contributed by atoms with E-state index in [0.717, 1.165) is 25.9 Å². The lowest BCUT2D eigenvalue weighted by atomic mass is 10.0. The van der Waals surface area contributed by atoms with Crippen LogP contribution in [0.5, 0.6) is 0 Å². The predicted molar refractivity (Wildman–Crippen MR) is 68.5 cm³/mol. The van der Waals surface area contributed by atoms with Gasteiger partial charge in [0.2, 0.25) is 5.91 Å². The fourth-order valence-electron chi connectivity index (χ4n) is 2.08. The van der Waals surface area contributed by atoms with Crippen molar-refractivity contribution in [1.82, 2.24) is 4.90 Å². The number of carbonyl (C=O) groups is 1. The monoisotopic (exact) mass is 257 g/mol. The molecule has 1 fully saturated rings. The molecule has 0 spiro atoms. The molecule has 1 rings (SSSR count). The molecule has 0 bridgehead atoms. The minimum atomic E-state index is 0.0262. The summed E-state index contributed by atoms with van der Waals surface area (Å²) >= 11 is 0. The molecule has 0 saturated carbocycles. The fraction of sp³-hybridized carbons (Fsp3) is 0.833. The van der Waals surface area contributed by atoms with Gasteiger partial charge in [-0.05, 0) is 32.6 Å². The van der Waals surface area contributed by atoms with Crippen LogP contribution in [0.3, 0.4) is 0 Å². The summed E-state index contributed by atoms with van der Waals surface area (Å²) in [5.74, 6) is 0.0809. The van der Waals surface area contributed by atoms with Crippen molar-refractivity contribution < 1.29 is 14.7 Å². The zero-order chi connectivity index (χ0) is 13.4. The quantitative estimate of drug-likeness (QED) is 0.321. The molecule has 6 heteroatoms. The zero-order valence-electron chi connectivity index (χ0n) is 11.0. The second-order valence-electron chi connectivity index (χ2n) is 4.53. The van der Waals surface area contributed by atoms with E-state index in [1.165, 1.54) is 6.42 Å². The number of nitrogens with zero attached hydrogens (tertiary/aromatic N) is 2. The van der Waals surface area contributed by atoms with Crippen molar-refractivity contribution in [2.45, 2.75) is 45.1 Å². The highest BCUT2D eigenvalue weighted by molar-refractivity contribution is 5.86. The normalized spacial score (nSPS) is 20.7. The Bertz CT molecular complexity index is 288. The number of rotatable bonds is 6. The third kappa shape index (κ3) is 4.91. The lowest BCUT2D eigenvalue weighted by molar-refractivity contribution is -0.131. The van der Waals surface area contributed by atoms with E-state index in [0.29, 0.717) is 13.0 Å². The van der Waals surface area contributed by atoms with Crippen LogP contribution in [0.4, 0.5) is 0 Å². The van der Waals surface area contributed by atoms with Crippen molar-refractivity contribution in [3.8, 4) is 0 Å². The van der Waals surface area contributed by atoms with E-state index in [2.05, 4.69) is 5.16 Å². The summed E-state index contributed by atoms with van der Waals surface area (Å²) in [7, 11) is 0. The van der Waals surface area contributed by atoms with Gasteiger partial charge in [-0.3, -0.25) is 4.79 Å². The fourth-order valence-corrected chi connectivity index (χ4v) is 2.08. The summed E-state index contributed by atoms with van der Waals surface area (Å²) in [5, 5.41) is 11.4. The lowest BCUT2D eigenvalue weighted by Crippen LogP contribution is -2.38. The van der Waals surface area contributed by atoms with Gasteiger partial charge in [-0.2, -0.15) is 0 Å². The maximum atomic E-state index is 11.9. The molecule has 0 aromatic heterocycles. The Balaban J connectivity index is 2.32. The standard InChI is InChI=1S/C12H23N3O3/c1-2-15(9-11(13)14-17)12(16)7-6-10-5-3-4-8-18-10/h10,17H,2-9H2,1H3,(H2,13,14). The molecule has 1 aliphatic rings. The summed E-state index contributed by atoms with van der Waals surface area (Å²) < 4.78 is 5.58. The van der Waals surface area contributed by atoms with Gasteiger partial charge in [-0.1, -0.05) is 5.16 Å². The first kappa shape index (κ1) is 14.8. The lowest BCUT2D eigenvalue weighted by Gasteiger charge is -2.24. The average molecular weight is 257 g/mol.